The van der Waals surface area contributed by atoms with Crippen LogP contribution in [0.2, 0.25) is 0 Å². The summed E-state index contributed by atoms with van der Waals surface area (Å²) in [5.41, 5.74) is 8.38. The second kappa shape index (κ2) is 11.3. The van der Waals surface area contributed by atoms with Crippen molar-refractivity contribution >= 4 is 21.5 Å². The van der Waals surface area contributed by atoms with E-state index in [9.17, 15) is 0 Å². The van der Waals surface area contributed by atoms with Crippen molar-refractivity contribution in [2.24, 2.45) is 0 Å². The first-order chi connectivity index (χ1) is 22.2. The van der Waals surface area contributed by atoms with Gasteiger partial charge in [-0.15, -0.1) is 0 Å². The Bertz CT molecular complexity index is 2220. The lowest BCUT2D eigenvalue weighted by Gasteiger charge is -2.16. The Labute approximate surface area is 261 Å². The average Bonchev–Trinajstić information content (AvgIpc) is 3.11. The molecule has 0 aliphatic heterocycles. The molecule has 0 amide bonds. The summed E-state index contributed by atoms with van der Waals surface area (Å²) in [5.74, 6) is 1.90. The van der Waals surface area contributed by atoms with Crippen molar-refractivity contribution in [1.29, 1.82) is 0 Å². The monoisotopic (exact) mass is 576 g/mol. The smallest absolute Gasteiger partial charge is 0.164 e. The fourth-order valence-corrected chi connectivity index (χ4v) is 6.09. The first-order valence-electron chi connectivity index (χ1n) is 15.1. The maximum Gasteiger partial charge on any atom is 0.164 e. The number of aromatic nitrogens is 4. The number of hydrogen-bond donors (Lipinski definition) is 0. The summed E-state index contributed by atoms with van der Waals surface area (Å²) in [6.07, 6.45) is 3.78. The van der Waals surface area contributed by atoms with Crippen LogP contribution in [0.5, 0.6) is 0 Å². The highest BCUT2D eigenvalue weighted by atomic mass is 15.0. The molecule has 0 saturated carbocycles. The molecular formula is C41H28N4. The Morgan fingerprint density at radius 3 is 1.49 bits per heavy atom. The molecule has 0 radical (unpaired) electrons. The van der Waals surface area contributed by atoms with E-state index in [1.165, 1.54) is 27.1 Å². The van der Waals surface area contributed by atoms with Crippen LogP contribution in [0.15, 0.2) is 152 Å². The van der Waals surface area contributed by atoms with Crippen LogP contribution >= 0.6 is 0 Å². The highest BCUT2D eigenvalue weighted by molar-refractivity contribution is 6.13. The van der Waals surface area contributed by atoms with Crippen molar-refractivity contribution in [2.45, 2.75) is 6.92 Å². The second-order valence-corrected chi connectivity index (χ2v) is 11.2. The summed E-state index contributed by atoms with van der Waals surface area (Å²) in [6.45, 7) is 2.13. The molecule has 0 bridgehead atoms. The van der Waals surface area contributed by atoms with Crippen LogP contribution in [0.4, 0.5) is 0 Å². The predicted octanol–water partition coefficient (Wildman–Crippen LogP) is 10.2. The van der Waals surface area contributed by atoms with Gasteiger partial charge in [0.25, 0.3) is 0 Å². The van der Waals surface area contributed by atoms with Gasteiger partial charge in [-0.3, -0.25) is 4.98 Å². The third-order valence-electron chi connectivity index (χ3n) is 8.30. The van der Waals surface area contributed by atoms with Crippen molar-refractivity contribution in [1.82, 2.24) is 19.9 Å². The van der Waals surface area contributed by atoms with Crippen LogP contribution in [-0.2, 0) is 0 Å². The number of pyridine rings is 1. The van der Waals surface area contributed by atoms with Crippen molar-refractivity contribution in [3.8, 4) is 56.4 Å². The quantitative estimate of drug-likeness (QED) is 0.191. The van der Waals surface area contributed by atoms with E-state index < -0.39 is 0 Å². The van der Waals surface area contributed by atoms with Crippen molar-refractivity contribution < 1.29 is 0 Å². The van der Waals surface area contributed by atoms with Crippen molar-refractivity contribution in [3.63, 3.8) is 0 Å². The molecule has 2 heterocycles. The fraction of sp³-hybridized carbons (Fsp3) is 0.0244. The predicted molar refractivity (Wildman–Crippen MR) is 185 cm³/mol. The van der Waals surface area contributed by atoms with Gasteiger partial charge in [-0.25, -0.2) is 15.0 Å². The van der Waals surface area contributed by atoms with Crippen LogP contribution in [0.1, 0.15) is 5.56 Å². The van der Waals surface area contributed by atoms with E-state index in [0.717, 1.165) is 38.9 Å². The van der Waals surface area contributed by atoms with Crippen LogP contribution in [0, 0.1) is 6.92 Å². The second-order valence-electron chi connectivity index (χ2n) is 11.2. The van der Waals surface area contributed by atoms with Gasteiger partial charge >= 0.3 is 0 Å². The number of benzene rings is 6. The van der Waals surface area contributed by atoms with E-state index >= 15 is 0 Å². The first-order valence-corrected chi connectivity index (χ1v) is 15.1. The molecule has 45 heavy (non-hydrogen) atoms. The van der Waals surface area contributed by atoms with Gasteiger partial charge in [0.2, 0.25) is 0 Å². The number of hydrogen-bond acceptors (Lipinski definition) is 4. The average molecular weight is 577 g/mol. The van der Waals surface area contributed by atoms with Crippen molar-refractivity contribution in [2.75, 3.05) is 0 Å². The normalized spacial score (nSPS) is 11.2. The molecule has 0 aliphatic carbocycles. The van der Waals surface area contributed by atoms with Gasteiger partial charge in [0, 0.05) is 34.6 Å². The van der Waals surface area contributed by atoms with E-state index in [1.54, 1.807) is 0 Å². The minimum absolute atomic E-state index is 0.622. The molecule has 6 aromatic carbocycles. The van der Waals surface area contributed by atoms with Crippen molar-refractivity contribution in [3.05, 3.63) is 157 Å². The number of aryl methyl sites for hydroxylation is 1. The van der Waals surface area contributed by atoms with E-state index in [1.807, 2.05) is 73.1 Å². The van der Waals surface area contributed by atoms with Gasteiger partial charge in [-0.2, -0.15) is 0 Å². The molecule has 4 nitrogen and oxygen atoms in total. The fourth-order valence-electron chi connectivity index (χ4n) is 6.09. The Morgan fingerprint density at radius 2 is 0.911 bits per heavy atom. The molecular weight excluding hydrogens is 548 g/mol. The molecule has 0 fully saturated rings. The molecule has 0 aliphatic rings. The third kappa shape index (κ3) is 5.02. The Morgan fingerprint density at radius 1 is 0.422 bits per heavy atom. The molecule has 2 aromatic heterocycles. The molecule has 0 saturated heterocycles. The molecule has 8 aromatic rings. The Hall–Kier alpha value is -6.00. The summed E-state index contributed by atoms with van der Waals surface area (Å²) in [5, 5.41) is 4.81. The topological polar surface area (TPSA) is 51.6 Å². The van der Waals surface area contributed by atoms with Crippen LogP contribution in [0.25, 0.3) is 78.0 Å². The highest BCUT2D eigenvalue weighted by Crippen LogP contribution is 2.40. The van der Waals surface area contributed by atoms with E-state index in [0.29, 0.717) is 17.5 Å². The zero-order valence-electron chi connectivity index (χ0n) is 24.7. The first kappa shape index (κ1) is 26.6. The lowest BCUT2D eigenvalue weighted by Crippen LogP contribution is -2.00. The molecule has 4 heteroatoms. The summed E-state index contributed by atoms with van der Waals surface area (Å²) < 4.78 is 0. The zero-order chi connectivity index (χ0) is 30.2. The van der Waals surface area contributed by atoms with Crippen LogP contribution in [0.3, 0.4) is 0 Å². The Kier molecular flexibility index (Phi) is 6.65. The van der Waals surface area contributed by atoms with E-state index in [4.69, 9.17) is 15.0 Å². The summed E-state index contributed by atoms with van der Waals surface area (Å²) in [4.78, 5) is 19.6. The van der Waals surface area contributed by atoms with Crippen LogP contribution in [-0.4, -0.2) is 19.9 Å². The summed E-state index contributed by atoms with van der Waals surface area (Å²) in [6, 6.07) is 48.4. The van der Waals surface area contributed by atoms with Gasteiger partial charge in [-0.1, -0.05) is 109 Å². The Balaban J connectivity index is 1.44. The minimum atomic E-state index is 0.622. The summed E-state index contributed by atoms with van der Waals surface area (Å²) in [7, 11) is 0. The van der Waals surface area contributed by atoms with Gasteiger partial charge in [0.05, 0.1) is 0 Å². The molecule has 212 valence electrons. The van der Waals surface area contributed by atoms with Gasteiger partial charge in [0.1, 0.15) is 0 Å². The van der Waals surface area contributed by atoms with Crippen LogP contribution < -0.4 is 0 Å². The lowest BCUT2D eigenvalue weighted by atomic mass is 9.89. The maximum absolute atomic E-state index is 5.08. The highest BCUT2D eigenvalue weighted by Gasteiger charge is 2.17. The van der Waals surface area contributed by atoms with E-state index in [2.05, 4.69) is 90.8 Å². The molecule has 0 atom stereocenters. The molecule has 8 rings (SSSR count). The number of fused-ring (bicyclic) bond motifs is 2. The number of nitrogens with zero attached hydrogens (tertiary/aromatic N) is 4. The maximum atomic E-state index is 5.08. The van der Waals surface area contributed by atoms with Gasteiger partial charge < -0.3 is 0 Å². The molecule has 0 unspecified atom stereocenters. The SMILES string of the molecule is Cc1ccncc1-c1cc(-c2nc(-c3ccccc3)nc(-c3ccccc3)n2)cc(-c2c3ccccc3cc3ccccc23)c1. The zero-order valence-corrected chi connectivity index (χ0v) is 24.7. The van der Waals surface area contributed by atoms with E-state index in [-0.39, 0.29) is 0 Å². The van der Waals surface area contributed by atoms with Gasteiger partial charge in [-0.05, 0) is 81.1 Å². The minimum Gasteiger partial charge on any atom is -0.264 e. The largest absolute Gasteiger partial charge is 0.264 e. The third-order valence-corrected chi connectivity index (χ3v) is 8.30. The standard InChI is InChI=1S/C41H28N4/c1-27-20-21-42-26-37(27)32-23-33(38-35-18-10-8-16-30(35)22-31-17-9-11-19-36(31)38)25-34(24-32)41-44-39(28-12-4-2-5-13-28)43-40(45-41)29-14-6-3-7-15-29/h2-26H,1H3. The number of rotatable bonds is 5. The lowest BCUT2D eigenvalue weighted by molar-refractivity contribution is 1.07. The molecule has 0 spiro atoms. The molecule has 0 N–H and O–H groups in total. The van der Waals surface area contributed by atoms with Gasteiger partial charge in [0.15, 0.2) is 17.5 Å². The summed E-state index contributed by atoms with van der Waals surface area (Å²) >= 11 is 0.